The molecule has 0 amide bonds. The van der Waals surface area contributed by atoms with Crippen LogP contribution in [0.25, 0.3) is 10.9 Å². The van der Waals surface area contributed by atoms with Crippen LogP contribution < -0.4 is 0 Å². The van der Waals surface area contributed by atoms with Crippen molar-refractivity contribution in [3.63, 3.8) is 0 Å². The molecule has 1 unspecified atom stereocenters. The van der Waals surface area contributed by atoms with Crippen LogP contribution in [-0.4, -0.2) is 25.1 Å². The van der Waals surface area contributed by atoms with Gasteiger partial charge in [-0.15, -0.1) is 5.10 Å². The second kappa shape index (κ2) is 4.97. The van der Waals surface area contributed by atoms with Gasteiger partial charge in [-0.1, -0.05) is 11.3 Å². The molecule has 1 N–H and O–H groups in total. The van der Waals surface area contributed by atoms with Crippen LogP contribution in [0.5, 0.6) is 0 Å². The summed E-state index contributed by atoms with van der Waals surface area (Å²) in [4.78, 5) is 4.23. The highest BCUT2D eigenvalue weighted by atomic mass is 19.1. The Balaban J connectivity index is 2.00. The van der Waals surface area contributed by atoms with E-state index in [-0.39, 0.29) is 5.82 Å². The second-order valence-corrected chi connectivity index (χ2v) is 4.62. The van der Waals surface area contributed by atoms with E-state index in [2.05, 4.69) is 15.3 Å². The zero-order valence-electron chi connectivity index (χ0n) is 10.9. The van der Waals surface area contributed by atoms with Crippen LogP contribution in [0.3, 0.4) is 0 Å². The number of fused-ring (bicyclic) bond motifs is 1. The van der Waals surface area contributed by atoms with Crippen molar-refractivity contribution in [3.8, 4) is 0 Å². The molecule has 102 valence electrons. The average molecular weight is 272 g/mol. The van der Waals surface area contributed by atoms with E-state index in [1.54, 1.807) is 42.2 Å². The molecule has 0 radical (unpaired) electrons. The van der Waals surface area contributed by atoms with Gasteiger partial charge in [-0.3, -0.25) is 4.98 Å². The summed E-state index contributed by atoms with van der Waals surface area (Å²) in [5.41, 5.74) is 1.97. The molecule has 3 rings (SSSR count). The maximum atomic E-state index is 13.7. The van der Waals surface area contributed by atoms with Crippen molar-refractivity contribution in [2.24, 2.45) is 0 Å². The van der Waals surface area contributed by atoms with Crippen LogP contribution in [0.15, 0.2) is 36.7 Å². The van der Waals surface area contributed by atoms with E-state index in [9.17, 15) is 9.50 Å². The standard InChI is InChI=1S/C14H13FN4O/c1-9(20)13-8-19(18-17-13)7-10-4-5-12(15)11-3-2-6-16-14(10)11/h2-6,8-9,20H,7H2,1H3. The Morgan fingerprint density at radius 2 is 2.20 bits per heavy atom. The summed E-state index contributed by atoms with van der Waals surface area (Å²) in [5, 5.41) is 17.7. The first kappa shape index (κ1) is 12.7. The molecule has 0 saturated carbocycles. The number of aliphatic hydroxyl groups is 1. The van der Waals surface area contributed by atoms with Gasteiger partial charge in [0, 0.05) is 17.1 Å². The first-order chi connectivity index (χ1) is 9.65. The predicted molar refractivity (Wildman–Crippen MR) is 71.5 cm³/mol. The number of benzene rings is 1. The Labute approximate surface area is 114 Å². The van der Waals surface area contributed by atoms with E-state index in [0.29, 0.717) is 23.1 Å². The van der Waals surface area contributed by atoms with Gasteiger partial charge in [0.2, 0.25) is 0 Å². The number of halogens is 1. The molecule has 0 aliphatic rings. The number of nitrogens with zero attached hydrogens (tertiary/aromatic N) is 4. The highest BCUT2D eigenvalue weighted by molar-refractivity contribution is 5.82. The molecule has 1 atom stereocenters. The molecule has 0 aliphatic heterocycles. The minimum Gasteiger partial charge on any atom is -0.387 e. The molecule has 0 spiro atoms. The van der Waals surface area contributed by atoms with Crippen LogP contribution in [0.4, 0.5) is 4.39 Å². The first-order valence-electron chi connectivity index (χ1n) is 6.25. The van der Waals surface area contributed by atoms with E-state index < -0.39 is 6.10 Å². The predicted octanol–water partition coefficient (Wildman–Crippen LogP) is 2.07. The average Bonchev–Trinajstić information content (AvgIpc) is 2.91. The monoisotopic (exact) mass is 272 g/mol. The van der Waals surface area contributed by atoms with Crippen molar-refractivity contribution >= 4 is 10.9 Å². The molecule has 0 saturated heterocycles. The number of hydrogen-bond acceptors (Lipinski definition) is 4. The van der Waals surface area contributed by atoms with Crippen molar-refractivity contribution in [2.75, 3.05) is 0 Å². The number of aromatic nitrogens is 4. The molecule has 2 aromatic heterocycles. The normalized spacial score (nSPS) is 12.8. The Morgan fingerprint density at radius 3 is 2.95 bits per heavy atom. The molecule has 2 heterocycles. The quantitative estimate of drug-likeness (QED) is 0.792. The summed E-state index contributed by atoms with van der Waals surface area (Å²) >= 11 is 0. The van der Waals surface area contributed by atoms with E-state index >= 15 is 0 Å². The zero-order valence-corrected chi connectivity index (χ0v) is 10.9. The number of rotatable bonds is 3. The SMILES string of the molecule is CC(O)c1cn(Cc2ccc(F)c3cccnc23)nn1. The van der Waals surface area contributed by atoms with Crippen LogP contribution >= 0.6 is 0 Å². The number of pyridine rings is 1. The zero-order chi connectivity index (χ0) is 14.1. The molecule has 0 fully saturated rings. The summed E-state index contributed by atoms with van der Waals surface area (Å²) < 4.78 is 15.3. The molecule has 0 bridgehead atoms. The van der Waals surface area contributed by atoms with Gasteiger partial charge in [0.1, 0.15) is 11.5 Å². The van der Waals surface area contributed by atoms with Gasteiger partial charge < -0.3 is 5.11 Å². The van der Waals surface area contributed by atoms with Crippen molar-refractivity contribution in [1.29, 1.82) is 0 Å². The van der Waals surface area contributed by atoms with Crippen LogP contribution in [0.1, 0.15) is 24.3 Å². The van der Waals surface area contributed by atoms with Gasteiger partial charge in [0.15, 0.2) is 0 Å². The molecule has 20 heavy (non-hydrogen) atoms. The van der Waals surface area contributed by atoms with E-state index in [1.165, 1.54) is 6.07 Å². The van der Waals surface area contributed by atoms with Gasteiger partial charge in [0.25, 0.3) is 0 Å². The van der Waals surface area contributed by atoms with Gasteiger partial charge >= 0.3 is 0 Å². The summed E-state index contributed by atoms with van der Waals surface area (Å²) in [6, 6.07) is 6.51. The topological polar surface area (TPSA) is 63.8 Å². The van der Waals surface area contributed by atoms with E-state index in [4.69, 9.17) is 0 Å². The van der Waals surface area contributed by atoms with Crippen LogP contribution in [-0.2, 0) is 6.54 Å². The highest BCUT2D eigenvalue weighted by Gasteiger charge is 2.10. The van der Waals surface area contributed by atoms with Gasteiger partial charge in [-0.2, -0.15) is 0 Å². The molecule has 0 aliphatic carbocycles. The second-order valence-electron chi connectivity index (χ2n) is 4.62. The molecular formula is C14H13FN4O. The highest BCUT2D eigenvalue weighted by Crippen LogP contribution is 2.20. The summed E-state index contributed by atoms with van der Waals surface area (Å²) in [6.45, 7) is 2.05. The Hall–Kier alpha value is -2.34. The van der Waals surface area contributed by atoms with E-state index in [1.807, 2.05) is 0 Å². The lowest BCUT2D eigenvalue weighted by atomic mass is 10.1. The third-order valence-corrected chi connectivity index (χ3v) is 3.12. The lowest BCUT2D eigenvalue weighted by Gasteiger charge is -2.06. The van der Waals surface area contributed by atoms with E-state index in [0.717, 1.165) is 5.56 Å². The Bertz CT molecular complexity index is 754. The third-order valence-electron chi connectivity index (χ3n) is 3.12. The minimum atomic E-state index is -0.660. The fourth-order valence-corrected chi connectivity index (χ4v) is 2.08. The molecule has 1 aromatic carbocycles. The van der Waals surface area contributed by atoms with Crippen LogP contribution in [0.2, 0.25) is 0 Å². The summed E-state index contributed by atoms with van der Waals surface area (Å²) in [5.74, 6) is -0.292. The van der Waals surface area contributed by atoms with Crippen molar-refractivity contribution in [2.45, 2.75) is 19.6 Å². The fourth-order valence-electron chi connectivity index (χ4n) is 2.08. The Kier molecular flexibility index (Phi) is 3.15. The minimum absolute atomic E-state index is 0.292. The smallest absolute Gasteiger partial charge is 0.132 e. The summed E-state index contributed by atoms with van der Waals surface area (Å²) in [6.07, 6.45) is 2.64. The maximum Gasteiger partial charge on any atom is 0.132 e. The van der Waals surface area contributed by atoms with Gasteiger partial charge in [-0.05, 0) is 25.1 Å². The number of hydrogen-bond donors (Lipinski definition) is 1. The maximum absolute atomic E-state index is 13.7. The largest absolute Gasteiger partial charge is 0.387 e. The van der Waals surface area contributed by atoms with Crippen LogP contribution in [0, 0.1) is 5.82 Å². The van der Waals surface area contributed by atoms with Gasteiger partial charge in [-0.25, -0.2) is 9.07 Å². The first-order valence-corrected chi connectivity index (χ1v) is 6.25. The molecule has 5 nitrogen and oxygen atoms in total. The fraction of sp³-hybridized carbons (Fsp3) is 0.214. The number of aliphatic hydroxyl groups excluding tert-OH is 1. The molecular weight excluding hydrogens is 259 g/mol. The third kappa shape index (κ3) is 2.25. The lowest BCUT2D eigenvalue weighted by Crippen LogP contribution is -2.02. The lowest BCUT2D eigenvalue weighted by molar-refractivity contribution is 0.194. The van der Waals surface area contributed by atoms with Crippen molar-refractivity contribution in [3.05, 3.63) is 53.7 Å². The van der Waals surface area contributed by atoms with Gasteiger partial charge in [0.05, 0.1) is 24.4 Å². The molecule has 6 heteroatoms. The Morgan fingerprint density at radius 1 is 1.35 bits per heavy atom. The molecule has 3 aromatic rings. The van der Waals surface area contributed by atoms with Crippen molar-refractivity contribution < 1.29 is 9.50 Å². The van der Waals surface area contributed by atoms with Crippen molar-refractivity contribution in [1.82, 2.24) is 20.0 Å². The summed E-state index contributed by atoms with van der Waals surface area (Å²) in [7, 11) is 0.